The van der Waals surface area contributed by atoms with E-state index in [-0.39, 0.29) is 22.4 Å². The van der Waals surface area contributed by atoms with Gasteiger partial charge in [-0.2, -0.15) is 0 Å². The lowest BCUT2D eigenvalue weighted by atomic mass is 10.3. The van der Waals surface area contributed by atoms with Gasteiger partial charge in [0.25, 0.3) is 5.91 Å². The van der Waals surface area contributed by atoms with Crippen molar-refractivity contribution in [2.45, 2.75) is 23.1 Å². The average molecular weight is 303 g/mol. The molecule has 0 aliphatic heterocycles. The van der Waals surface area contributed by atoms with Gasteiger partial charge in [0.15, 0.2) is 9.84 Å². The predicted molar refractivity (Wildman–Crippen MR) is 69.1 cm³/mol. The fraction of sp³-hybridized carbons (Fsp3) is 0.455. The quantitative estimate of drug-likeness (QED) is 0.870. The number of amides is 1. The molecule has 104 valence electrons. The van der Waals surface area contributed by atoms with Gasteiger partial charge in [0.05, 0.1) is 5.56 Å². The van der Waals surface area contributed by atoms with Gasteiger partial charge in [-0.25, -0.2) is 8.42 Å². The number of carbonyl (C=O) groups excluding carboxylic acids is 1. The van der Waals surface area contributed by atoms with Gasteiger partial charge in [0.2, 0.25) is 0 Å². The monoisotopic (exact) mass is 303 g/mol. The largest absolute Gasteiger partial charge is 0.480 e. The lowest BCUT2D eigenvalue weighted by Crippen LogP contribution is -2.37. The van der Waals surface area contributed by atoms with E-state index in [1.54, 1.807) is 0 Å². The van der Waals surface area contributed by atoms with Crippen molar-refractivity contribution in [3.8, 4) is 0 Å². The van der Waals surface area contributed by atoms with Crippen LogP contribution in [0.3, 0.4) is 0 Å². The average Bonchev–Trinajstić information content (AvgIpc) is 2.99. The molecule has 1 aromatic heterocycles. The second-order valence-corrected chi connectivity index (χ2v) is 7.64. The maximum Gasteiger partial charge on any atom is 0.323 e. The summed E-state index contributed by atoms with van der Waals surface area (Å²) in [5.41, 5.74) is 0.235. The number of carboxylic acids is 1. The summed E-state index contributed by atoms with van der Waals surface area (Å²) in [4.78, 5) is 24.2. The van der Waals surface area contributed by atoms with Gasteiger partial charge in [0.1, 0.15) is 10.8 Å². The van der Waals surface area contributed by atoms with Crippen LogP contribution in [0.2, 0.25) is 0 Å². The molecule has 0 saturated heterocycles. The molecule has 1 amide bonds. The number of nitrogens with zero attached hydrogens (tertiary/aromatic N) is 1. The summed E-state index contributed by atoms with van der Waals surface area (Å²) in [7, 11) is -3.34. The minimum atomic E-state index is -3.34. The molecule has 19 heavy (non-hydrogen) atoms. The Morgan fingerprint density at radius 2 is 2.11 bits per heavy atom. The second kappa shape index (κ2) is 4.93. The lowest BCUT2D eigenvalue weighted by molar-refractivity contribution is -0.137. The van der Waals surface area contributed by atoms with Crippen molar-refractivity contribution >= 4 is 33.1 Å². The molecule has 0 bridgehead atoms. The van der Waals surface area contributed by atoms with Crippen molar-refractivity contribution in [1.82, 2.24) is 4.90 Å². The summed E-state index contributed by atoms with van der Waals surface area (Å²) >= 11 is 0.970. The van der Waals surface area contributed by atoms with E-state index in [1.165, 1.54) is 16.3 Å². The standard InChI is InChI=1S/C11H13NO5S2/c1-19(16,17)10-4-7(6-18-10)11(15)12(5-9(13)14)8-2-3-8/h4,6,8H,2-3,5H2,1H3,(H,13,14). The van der Waals surface area contributed by atoms with Crippen LogP contribution in [0, 0.1) is 0 Å². The minimum absolute atomic E-state index is 0.0369. The number of hydrogen-bond donors (Lipinski definition) is 1. The number of aliphatic carboxylic acids is 1. The van der Waals surface area contributed by atoms with Crippen LogP contribution in [-0.2, 0) is 14.6 Å². The Labute approximate surface area is 114 Å². The van der Waals surface area contributed by atoms with E-state index in [2.05, 4.69) is 0 Å². The Morgan fingerprint density at radius 1 is 1.47 bits per heavy atom. The lowest BCUT2D eigenvalue weighted by Gasteiger charge is -2.19. The zero-order chi connectivity index (χ0) is 14.2. The van der Waals surface area contributed by atoms with Gasteiger partial charge in [-0.15, -0.1) is 11.3 Å². The first-order valence-electron chi connectivity index (χ1n) is 5.60. The number of carbonyl (C=O) groups is 2. The van der Waals surface area contributed by atoms with Gasteiger partial charge in [0, 0.05) is 17.7 Å². The van der Waals surface area contributed by atoms with E-state index in [9.17, 15) is 18.0 Å². The third-order valence-corrected chi connectivity index (χ3v) is 5.51. The number of rotatable bonds is 5. The summed E-state index contributed by atoms with van der Waals surface area (Å²) in [5.74, 6) is -1.49. The van der Waals surface area contributed by atoms with Crippen LogP contribution < -0.4 is 0 Å². The molecule has 0 radical (unpaired) electrons. The fourth-order valence-corrected chi connectivity index (χ4v) is 3.48. The number of sulfone groups is 1. The molecule has 0 atom stereocenters. The van der Waals surface area contributed by atoms with Gasteiger partial charge in [-0.3, -0.25) is 9.59 Å². The number of carboxylic acid groups (broad SMARTS) is 1. The molecule has 1 aliphatic rings. The third-order valence-electron chi connectivity index (χ3n) is 2.74. The molecule has 8 heteroatoms. The topological polar surface area (TPSA) is 91.8 Å². The summed E-state index contributed by atoms with van der Waals surface area (Å²) < 4.78 is 22.8. The molecule has 1 heterocycles. The maximum absolute atomic E-state index is 12.2. The zero-order valence-electron chi connectivity index (χ0n) is 10.2. The van der Waals surface area contributed by atoms with E-state index >= 15 is 0 Å². The highest BCUT2D eigenvalue weighted by Gasteiger charge is 2.34. The Morgan fingerprint density at radius 3 is 2.53 bits per heavy atom. The normalized spacial score (nSPS) is 15.2. The molecule has 6 nitrogen and oxygen atoms in total. The van der Waals surface area contributed by atoms with E-state index < -0.39 is 21.7 Å². The van der Waals surface area contributed by atoms with Crippen LogP contribution in [0.1, 0.15) is 23.2 Å². The van der Waals surface area contributed by atoms with Crippen LogP contribution >= 0.6 is 11.3 Å². The molecule has 1 fully saturated rings. The fourth-order valence-electron chi connectivity index (χ4n) is 1.69. The van der Waals surface area contributed by atoms with Gasteiger partial charge < -0.3 is 10.0 Å². The molecule has 0 unspecified atom stereocenters. The Hall–Kier alpha value is -1.41. The summed E-state index contributed by atoms with van der Waals surface area (Å²) in [5, 5.41) is 10.3. The molecule has 2 rings (SSSR count). The highest BCUT2D eigenvalue weighted by molar-refractivity contribution is 7.92. The van der Waals surface area contributed by atoms with Gasteiger partial charge in [-0.1, -0.05) is 0 Å². The van der Waals surface area contributed by atoms with Crippen LogP contribution in [0.4, 0.5) is 0 Å². The summed E-state index contributed by atoms with van der Waals surface area (Å²) in [6.07, 6.45) is 2.66. The number of hydrogen-bond acceptors (Lipinski definition) is 5. The molecular weight excluding hydrogens is 290 g/mol. The van der Waals surface area contributed by atoms with Crippen LogP contribution in [0.25, 0.3) is 0 Å². The van der Waals surface area contributed by atoms with E-state index in [0.717, 1.165) is 30.4 Å². The van der Waals surface area contributed by atoms with E-state index in [0.29, 0.717) is 0 Å². The molecule has 1 N–H and O–H groups in total. The van der Waals surface area contributed by atoms with Crippen molar-refractivity contribution in [2.75, 3.05) is 12.8 Å². The number of thiophene rings is 1. The Kier molecular flexibility index (Phi) is 3.64. The van der Waals surface area contributed by atoms with Crippen LogP contribution in [0.5, 0.6) is 0 Å². The first-order valence-corrected chi connectivity index (χ1v) is 8.37. The van der Waals surface area contributed by atoms with Crippen LogP contribution in [0.15, 0.2) is 15.7 Å². The molecular formula is C11H13NO5S2. The summed E-state index contributed by atoms with van der Waals surface area (Å²) in [6, 6.07) is 1.27. The zero-order valence-corrected chi connectivity index (χ0v) is 11.8. The maximum atomic E-state index is 12.2. The highest BCUT2D eigenvalue weighted by Crippen LogP contribution is 2.29. The summed E-state index contributed by atoms with van der Waals surface area (Å²) in [6.45, 7) is -0.354. The third kappa shape index (κ3) is 3.32. The minimum Gasteiger partial charge on any atom is -0.480 e. The van der Waals surface area contributed by atoms with Gasteiger partial charge in [-0.05, 0) is 18.9 Å². The van der Waals surface area contributed by atoms with E-state index in [4.69, 9.17) is 5.11 Å². The van der Waals surface area contributed by atoms with Crippen LogP contribution in [-0.4, -0.2) is 49.1 Å². The van der Waals surface area contributed by atoms with Crippen molar-refractivity contribution < 1.29 is 23.1 Å². The Balaban J connectivity index is 2.22. The molecule has 1 aromatic rings. The Bertz CT molecular complexity index is 615. The van der Waals surface area contributed by atoms with Crippen molar-refractivity contribution in [3.63, 3.8) is 0 Å². The smallest absolute Gasteiger partial charge is 0.323 e. The molecule has 1 saturated carbocycles. The predicted octanol–water partition coefficient (Wildman–Crippen LogP) is 0.841. The molecule has 0 spiro atoms. The highest BCUT2D eigenvalue weighted by atomic mass is 32.2. The van der Waals surface area contributed by atoms with E-state index in [1.807, 2.05) is 0 Å². The van der Waals surface area contributed by atoms with Gasteiger partial charge >= 0.3 is 5.97 Å². The first kappa shape index (κ1) is 14.0. The SMILES string of the molecule is CS(=O)(=O)c1cc(C(=O)N(CC(=O)O)C2CC2)cs1. The molecule has 1 aliphatic carbocycles. The molecule has 0 aromatic carbocycles. The second-order valence-electron chi connectivity index (χ2n) is 4.48. The van der Waals surface area contributed by atoms with Crippen molar-refractivity contribution in [1.29, 1.82) is 0 Å². The van der Waals surface area contributed by atoms with Crippen molar-refractivity contribution in [2.24, 2.45) is 0 Å². The van der Waals surface area contributed by atoms with Crippen molar-refractivity contribution in [3.05, 3.63) is 17.0 Å². The first-order chi connectivity index (χ1) is 8.79.